The van der Waals surface area contributed by atoms with E-state index in [1.54, 1.807) is 0 Å². The van der Waals surface area contributed by atoms with E-state index in [9.17, 15) is 4.39 Å². The molecule has 1 saturated heterocycles. The van der Waals surface area contributed by atoms with Gasteiger partial charge >= 0.3 is 0 Å². The molecular formula is C12H18BrFN4. The average Bonchev–Trinajstić information content (AvgIpc) is 2.54. The topological polar surface area (TPSA) is 32.3 Å². The molecule has 4 nitrogen and oxygen atoms in total. The maximum Gasteiger partial charge on any atom is 0.146 e. The van der Waals surface area contributed by atoms with Crippen LogP contribution in [0.4, 0.5) is 10.2 Å². The number of alkyl halides is 1. The molecule has 0 amide bonds. The van der Waals surface area contributed by atoms with Crippen LogP contribution in [0, 0.1) is 0 Å². The van der Waals surface area contributed by atoms with Crippen molar-refractivity contribution in [1.82, 2.24) is 14.9 Å². The van der Waals surface area contributed by atoms with Crippen molar-refractivity contribution in [3.8, 4) is 0 Å². The summed E-state index contributed by atoms with van der Waals surface area (Å²) < 4.78 is 14.1. The molecule has 1 fully saturated rings. The quantitative estimate of drug-likeness (QED) is 0.838. The fourth-order valence-corrected chi connectivity index (χ4v) is 2.90. The van der Waals surface area contributed by atoms with E-state index in [2.05, 4.69) is 42.7 Å². The highest BCUT2D eigenvalue weighted by Gasteiger charge is 2.20. The van der Waals surface area contributed by atoms with Gasteiger partial charge in [0.25, 0.3) is 0 Å². The highest BCUT2D eigenvalue weighted by Crippen LogP contribution is 2.31. The van der Waals surface area contributed by atoms with Gasteiger partial charge in [0.2, 0.25) is 0 Å². The summed E-state index contributed by atoms with van der Waals surface area (Å²) in [6.07, 6.45) is 1.45. The lowest BCUT2D eigenvalue weighted by Crippen LogP contribution is -2.30. The van der Waals surface area contributed by atoms with Crippen molar-refractivity contribution in [2.24, 2.45) is 0 Å². The third-order valence-corrected chi connectivity index (χ3v) is 3.95. The molecule has 0 aromatic carbocycles. The number of nitrogens with zero attached hydrogens (tertiary/aromatic N) is 4. The zero-order chi connectivity index (χ0) is 13.1. The largest absolute Gasteiger partial charge is 0.354 e. The summed E-state index contributed by atoms with van der Waals surface area (Å²) in [5.74, 6) is 0.805. The van der Waals surface area contributed by atoms with Gasteiger partial charge < -0.3 is 9.80 Å². The SMILES string of the molecule is CC(F)c1ncnc(N2CCCN(C)CC2)c1Br. The van der Waals surface area contributed by atoms with Gasteiger partial charge in [-0.05, 0) is 42.9 Å². The van der Waals surface area contributed by atoms with Crippen molar-refractivity contribution in [1.29, 1.82) is 0 Å². The third kappa shape index (κ3) is 2.98. The van der Waals surface area contributed by atoms with Crippen molar-refractivity contribution < 1.29 is 4.39 Å². The fourth-order valence-electron chi connectivity index (χ4n) is 2.13. The Kier molecular flexibility index (Phi) is 4.50. The molecule has 0 N–H and O–H groups in total. The van der Waals surface area contributed by atoms with Crippen LogP contribution in [0.15, 0.2) is 10.8 Å². The summed E-state index contributed by atoms with van der Waals surface area (Å²) in [7, 11) is 2.12. The Morgan fingerprint density at radius 3 is 2.78 bits per heavy atom. The molecule has 6 heteroatoms. The molecule has 2 heterocycles. The van der Waals surface area contributed by atoms with Crippen molar-refractivity contribution >= 4 is 21.7 Å². The molecule has 1 atom stereocenters. The molecule has 0 bridgehead atoms. The minimum Gasteiger partial charge on any atom is -0.354 e. The summed E-state index contributed by atoms with van der Waals surface area (Å²) in [6.45, 7) is 5.43. The number of hydrogen-bond donors (Lipinski definition) is 0. The monoisotopic (exact) mass is 316 g/mol. The molecule has 1 aromatic rings. The van der Waals surface area contributed by atoms with Gasteiger partial charge in [-0.25, -0.2) is 14.4 Å². The van der Waals surface area contributed by atoms with Crippen LogP contribution in [0.1, 0.15) is 25.2 Å². The Labute approximate surface area is 115 Å². The second-order valence-corrected chi connectivity index (χ2v) is 5.45. The first-order valence-corrected chi connectivity index (χ1v) is 6.97. The summed E-state index contributed by atoms with van der Waals surface area (Å²) in [5.41, 5.74) is 0.428. The molecule has 1 aromatic heterocycles. The molecule has 1 aliphatic rings. The standard InChI is InChI=1S/C12H18BrFN4/c1-9(14)11-10(13)12(16-8-15-11)18-5-3-4-17(2)6-7-18/h8-9H,3-7H2,1-2H3. The number of halogens is 2. The second kappa shape index (κ2) is 5.93. The molecule has 1 aliphatic heterocycles. The lowest BCUT2D eigenvalue weighted by atomic mass is 10.2. The van der Waals surface area contributed by atoms with Crippen molar-refractivity contribution in [3.05, 3.63) is 16.5 Å². The van der Waals surface area contributed by atoms with Gasteiger partial charge in [-0.3, -0.25) is 0 Å². The maximum atomic E-state index is 13.4. The number of rotatable bonds is 2. The third-order valence-electron chi connectivity index (χ3n) is 3.19. The van der Waals surface area contributed by atoms with Crippen molar-refractivity contribution in [2.45, 2.75) is 19.5 Å². The van der Waals surface area contributed by atoms with Gasteiger partial charge in [0.15, 0.2) is 0 Å². The van der Waals surface area contributed by atoms with Crippen molar-refractivity contribution in [3.63, 3.8) is 0 Å². The van der Waals surface area contributed by atoms with Crippen LogP contribution in [0.3, 0.4) is 0 Å². The highest BCUT2D eigenvalue weighted by molar-refractivity contribution is 9.10. The first-order chi connectivity index (χ1) is 8.59. The fraction of sp³-hybridized carbons (Fsp3) is 0.667. The first-order valence-electron chi connectivity index (χ1n) is 6.17. The predicted octanol–water partition coefficient (Wildman–Crippen LogP) is 2.41. The predicted molar refractivity (Wildman–Crippen MR) is 73.6 cm³/mol. The summed E-state index contributed by atoms with van der Waals surface area (Å²) in [5, 5.41) is 0. The van der Waals surface area contributed by atoms with E-state index in [4.69, 9.17) is 0 Å². The number of likely N-dealkylation sites (N-methyl/N-ethyl adjacent to an activating group) is 1. The van der Waals surface area contributed by atoms with E-state index >= 15 is 0 Å². The molecule has 1 unspecified atom stereocenters. The van der Waals surface area contributed by atoms with Crippen LogP contribution >= 0.6 is 15.9 Å². The molecule has 2 rings (SSSR count). The van der Waals surface area contributed by atoms with E-state index < -0.39 is 6.17 Å². The average molecular weight is 317 g/mol. The van der Waals surface area contributed by atoms with Crippen LogP contribution in [-0.4, -0.2) is 48.1 Å². The lowest BCUT2D eigenvalue weighted by molar-refractivity contribution is 0.359. The van der Waals surface area contributed by atoms with Crippen LogP contribution < -0.4 is 4.90 Å². The molecule has 0 radical (unpaired) electrons. The molecule has 0 spiro atoms. The molecule has 18 heavy (non-hydrogen) atoms. The lowest BCUT2D eigenvalue weighted by Gasteiger charge is -2.23. The van der Waals surface area contributed by atoms with Gasteiger partial charge in [0.05, 0.1) is 10.2 Å². The van der Waals surface area contributed by atoms with Gasteiger partial charge in [-0.2, -0.15) is 0 Å². The minimum atomic E-state index is -1.09. The van der Waals surface area contributed by atoms with E-state index in [1.165, 1.54) is 13.3 Å². The molecular weight excluding hydrogens is 299 g/mol. The zero-order valence-electron chi connectivity index (χ0n) is 10.7. The maximum absolute atomic E-state index is 13.4. The van der Waals surface area contributed by atoms with E-state index in [0.29, 0.717) is 10.2 Å². The first kappa shape index (κ1) is 13.7. The Balaban J connectivity index is 2.24. The summed E-state index contributed by atoms with van der Waals surface area (Å²) >= 11 is 3.44. The second-order valence-electron chi connectivity index (χ2n) is 4.66. The normalized spacial score (nSPS) is 19.7. The van der Waals surface area contributed by atoms with Gasteiger partial charge in [0, 0.05) is 19.6 Å². The van der Waals surface area contributed by atoms with Crippen LogP contribution in [-0.2, 0) is 0 Å². The summed E-state index contributed by atoms with van der Waals surface area (Å²) in [4.78, 5) is 12.8. The molecule has 0 saturated carbocycles. The number of aromatic nitrogens is 2. The molecule has 0 aliphatic carbocycles. The summed E-state index contributed by atoms with van der Waals surface area (Å²) in [6, 6.07) is 0. The zero-order valence-corrected chi connectivity index (χ0v) is 12.3. The van der Waals surface area contributed by atoms with Crippen LogP contribution in [0.5, 0.6) is 0 Å². The van der Waals surface area contributed by atoms with E-state index in [-0.39, 0.29) is 0 Å². The minimum absolute atomic E-state index is 0.428. The molecule has 100 valence electrons. The van der Waals surface area contributed by atoms with Crippen LogP contribution in [0.2, 0.25) is 0 Å². The van der Waals surface area contributed by atoms with Crippen LogP contribution in [0.25, 0.3) is 0 Å². The van der Waals surface area contributed by atoms with E-state index in [0.717, 1.165) is 38.4 Å². The van der Waals surface area contributed by atoms with E-state index in [1.807, 2.05) is 0 Å². The highest BCUT2D eigenvalue weighted by atomic mass is 79.9. The van der Waals surface area contributed by atoms with Crippen molar-refractivity contribution in [2.75, 3.05) is 38.1 Å². The Bertz CT molecular complexity index is 413. The van der Waals surface area contributed by atoms with Gasteiger partial charge in [-0.15, -0.1) is 0 Å². The Hall–Kier alpha value is -0.750. The smallest absolute Gasteiger partial charge is 0.146 e. The van der Waals surface area contributed by atoms with Gasteiger partial charge in [-0.1, -0.05) is 0 Å². The van der Waals surface area contributed by atoms with Gasteiger partial charge in [0.1, 0.15) is 18.3 Å². The Morgan fingerprint density at radius 1 is 1.28 bits per heavy atom. The number of hydrogen-bond acceptors (Lipinski definition) is 4. The number of anilines is 1. The Morgan fingerprint density at radius 2 is 2.06 bits per heavy atom.